The molecule has 0 amide bonds. The van der Waals surface area contributed by atoms with Crippen molar-refractivity contribution in [2.45, 2.75) is 32.1 Å². The summed E-state index contributed by atoms with van der Waals surface area (Å²) >= 11 is 0. The number of fused-ring (bicyclic) bond motifs is 1. The Hall–Kier alpha value is -1.22. The highest BCUT2D eigenvalue weighted by molar-refractivity contribution is 5.39. The second-order valence-corrected chi connectivity index (χ2v) is 5.02. The second-order valence-electron chi connectivity index (χ2n) is 5.02. The van der Waals surface area contributed by atoms with E-state index >= 15 is 0 Å². The number of nitrogens with one attached hydrogen (secondary N) is 1. The first-order valence-electron chi connectivity index (χ1n) is 6.68. The van der Waals surface area contributed by atoms with Crippen molar-refractivity contribution in [1.82, 2.24) is 10.4 Å². The highest BCUT2D eigenvalue weighted by atomic mass is 16.7. The van der Waals surface area contributed by atoms with Gasteiger partial charge < -0.3 is 5.32 Å². The van der Waals surface area contributed by atoms with Gasteiger partial charge in [-0.05, 0) is 37.0 Å². The van der Waals surface area contributed by atoms with Gasteiger partial charge in [0.25, 0.3) is 0 Å². The van der Waals surface area contributed by atoms with Crippen LogP contribution < -0.4 is 5.32 Å². The van der Waals surface area contributed by atoms with E-state index in [0.717, 1.165) is 19.1 Å². The molecule has 1 aliphatic carbocycles. The van der Waals surface area contributed by atoms with Crippen LogP contribution in [-0.4, -0.2) is 18.2 Å². The Kier molecular flexibility index (Phi) is 3.18. The highest BCUT2D eigenvalue weighted by Gasteiger charge is 2.21. The standard InChI is InChI=1S/C14H20N2O/c1-2-5-12(6-3-1)11-17-16-10-4-7-13-14(16)8-9-15-13/h4,7-8,10,12,15H,1-3,5-6,9,11H2. The Morgan fingerprint density at radius 1 is 1.29 bits per heavy atom. The van der Waals surface area contributed by atoms with Gasteiger partial charge in [-0.2, -0.15) is 0 Å². The van der Waals surface area contributed by atoms with Gasteiger partial charge in [0.15, 0.2) is 0 Å². The van der Waals surface area contributed by atoms with E-state index in [0.29, 0.717) is 0 Å². The van der Waals surface area contributed by atoms with Crippen molar-refractivity contribution < 1.29 is 4.84 Å². The number of hydroxylamine groups is 2. The van der Waals surface area contributed by atoms with Crippen molar-refractivity contribution in [2.75, 3.05) is 13.2 Å². The highest BCUT2D eigenvalue weighted by Crippen LogP contribution is 2.26. The van der Waals surface area contributed by atoms with Crippen molar-refractivity contribution in [1.29, 1.82) is 0 Å². The molecule has 0 aromatic carbocycles. The number of hydrogen-bond acceptors (Lipinski definition) is 3. The maximum atomic E-state index is 5.93. The van der Waals surface area contributed by atoms with Crippen LogP contribution in [0.5, 0.6) is 0 Å². The molecule has 0 atom stereocenters. The molecule has 3 heteroatoms. The average molecular weight is 232 g/mol. The molecule has 2 heterocycles. The van der Waals surface area contributed by atoms with E-state index in [2.05, 4.69) is 17.5 Å². The minimum absolute atomic E-state index is 0.751. The first kappa shape index (κ1) is 10.9. The molecule has 0 aromatic rings. The molecule has 3 rings (SSSR count). The predicted octanol–water partition coefficient (Wildman–Crippen LogP) is 2.70. The van der Waals surface area contributed by atoms with Gasteiger partial charge in [-0.1, -0.05) is 19.3 Å². The zero-order chi connectivity index (χ0) is 11.5. The van der Waals surface area contributed by atoms with E-state index in [-0.39, 0.29) is 0 Å². The summed E-state index contributed by atoms with van der Waals surface area (Å²) in [6, 6.07) is 0. The molecule has 0 radical (unpaired) electrons. The van der Waals surface area contributed by atoms with Crippen molar-refractivity contribution >= 4 is 0 Å². The van der Waals surface area contributed by atoms with Crippen LogP contribution >= 0.6 is 0 Å². The van der Waals surface area contributed by atoms with Crippen LogP contribution in [-0.2, 0) is 4.84 Å². The molecule has 3 nitrogen and oxygen atoms in total. The van der Waals surface area contributed by atoms with E-state index in [1.54, 1.807) is 0 Å². The number of rotatable bonds is 3. The molecule has 2 aliphatic heterocycles. The van der Waals surface area contributed by atoms with Gasteiger partial charge in [0.1, 0.15) is 0 Å². The largest absolute Gasteiger partial charge is 0.380 e. The molecule has 1 saturated carbocycles. The normalized spacial score (nSPS) is 24.1. The van der Waals surface area contributed by atoms with E-state index in [1.807, 2.05) is 17.3 Å². The summed E-state index contributed by atoms with van der Waals surface area (Å²) in [5.41, 5.74) is 2.35. The molecule has 1 fully saturated rings. The molecule has 0 bridgehead atoms. The van der Waals surface area contributed by atoms with E-state index < -0.39 is 0 Å². The third kappa shape index (κ3) is 2.39. The van der Waals surface area contributed by atoms with Crippen LogP contribution in [0.15, 0.2) is 35.8 Å². The van der Waals surface area contributed by atoms with Crippen molar-refractivity contribution in [3.05, 3.63) is 35.8 Å². The van der Waals surface area contributed by atoms with E-state index in [9.17, 15) is 0 Å². The summed E-state index contributed by atoms with van der Waals surface area (Å²) < 4.78 is 0. The minimum atomic E-state index is 0.751. The van der Waals surface area contributed by atoms with Crippen LogP contribution in [0, 0.1) is 5.92 Å². The maximum absolute atomic E-state index is 5.93. The Labute approximate surface area is 103 Å². The summed E-state index contributed by atoms with van der Waals surface area (Å²) in [4.78, 5) is 5.93. The third-order valence-corrected chi connectivity index (χ3v) is 3.76. The van der Waals surface area contributed by atoms with E-state index in [1.165, 1.54) is 43.5 Å². The Morgan fingerprint density at radius 2 is 2.18 bits per heavy atom. The van der Waals surface area contributed by atoms with Crippen LogP contribution in [0.25, 0.3) is 0 Å². The molecule has 1 N–H and O–H groups in total. The molecule has 92 valence electrons. The molecule has 0 saturated heterocycles. The predicted molar refractivity (Wildman–Crippen MR) is 67.7 cm³/mol. The van der Waals surface area contributed by atoms with Gasteiger partial charge in [-0.25, -0.2) is 5.06 Å². The lowest BCUT2D eigenvalue weighted by molar-refractivity contribution is -0.109. The zero-order valence-electron chi connectivity index (χ0n) is 10.2. The Morgan fingerprint density at radius 3 is 3.06 bits per heavy atom. The van der Waals surface area contributed by atoms with Gasteiger partial charge in [-0.15, -0.1) is 0 Å². The van der Waals surface area contributed by atoms with Crippen molar-refractivity contribution in [3.63, 3.8) is 0 Å². The van der Waals surface area contributed by atoms with Crippen LogP contribution in [0.2, 0.25) is 0 Å². The summed E-state index contributed by atoms with van der Waals surface area (Å²) in [6.45, 7) is 1.76. The van der Waals surface area contributed by atoms with Gasteiger partial charge >= 0.3 is 0 Å². The fraction of sp³-hybridized carbons (Fsp3) is 0.571. The van der Waals surface area contributed by atoms with Crippen molar-refractivity contribution in [2.24, 2.45) is 5.92 Å². The minimum Gasteiger partial charge on any atom is -0.380 e. The molecular weight excluding hydrogens is 212 g/mol. The van der Waals surface area contributed by atoms with Crippen molar-refractivity contribution in [3.8, 4) is 0 Å². The number of allylic oxidation sites excluding steroid dienone is 2. The fourth-order valence-corrected chi connectivity index (χ4v) is 2.76. The lowest BCUT2D eigenvalue weighted by atomic mass is 9.90. The monoisotopic (exact) mass is 232 g/mol. The third-order valence-electron chi connectivity index (χ3n) is 3.76. The van der Waals surface area contributed by atoms with Crippen LogP contribution in [0.4, 0.5) is 0 Å². The van der Waals surface area contributed by atoms with Gasteiger partial charge in [0.2, 0.25) is 0 Å². The smallest absolute Gasteiger partial charge is 0.0897 e. The van der Waals surface area contributed by atoms with Crippen LogP contribution in [0.1, 0.15) is 32.1 Å². The first-order chi connectivity index (χ1) is 8.43. The molecule has 0 aromatic heterocycles. The summed E-state index contributed by atoms with van der Waals surface area (Å²) in [5, 5.41) is 5.24. The topological polar surface area (TPSA) is 24.5 Å². The van der Waals surface area contributed by atoms with Gasteiger partial charge in [0, 0.05) is 12.7 Å². The van der Waals surface area contributed by atoms with Crippen LogP contribution in [0.3, 0.4) is 0 Å². The second kappa shape index (κ2) is 4.96. The lowest BCUT2D eigenvalue weighted by Crippen LogP contribution is -2.25. The zero-order valence-corrected chi connectivity index (χ0v) is 10.2. The van der Waals surface area contributed by atoms with Gasteiger partial charge in [-0.3, -0.25) is 4.84 Å². The van der Waals surface area contributed by atoms with E-state index in [4.69, 9.17) is 4.84 Å². The Bertz CT molecular complexity index is 364. The Balaban J connectivity index is 1.55. The van der Waals surface area contributed by atoms with Gasteiger partial charge in [0.05, 0.1) is 18.0 Å². The lowest BCUT2D eigenvalue weighted by Gasteiger charge is -2.28. The molecule has 3 aliphatic rings. The fourth-order valence-electron chi connectivity index (χ4n) is 2.76. The quantitative estimate of drug-likeness (QED) is 0.809. The molecule has 17 heavy (non-hydrogen) atoms. The SMILES string of the molecule is C1=CN(OCC2CCCCC2)C2=CCNC2=C1. The number of nitrogens with zero attached hydrogens (tertiary/aromatic N) is 1. The average Bonchev–Trinajstić information content (AvgIpc) is 2.86. The molecular formula is C14H20N2O. The molecule has 0 spiro atoms. The first-order valence-corrected chi connectivity index (χ1v) is 6.68. The molecule has 0 unspecified atom stereocenters. The maximum Gasteiger partial charge on any atom is 0.0897 e. The summed E-state index contributed by atoms with van der Waals surface area (Å²) in [6.07, 6.45) is 15.1. The number of hydrogen-bond donors (Lipinski definition) is 1. The summed E-state index contributed by atoms with van der Waals surface area (Å²) in [7, 11) is 0. The summed E-state index contributed by atoms with van der Waals surface area (Å²) in [5.74, 6) is 0.751.